The molecule has 0 bridgehead atoms. The Kier molecular flexibility index (Phi) is 4.47. The van der Waals surface area contributed by atoms with Crippen LogP contribution in [0.4, 0.5) is 14.9 Å². The second kappa shape index (κ2) is 6.44. The van der Waals surface area contributed by atoms with Crippen LogP contribution in [0.25, 0.3) is 0 Å². The van der Waals surface area contributed by atoms with E-state index >= 15 is 0 Å². The van der Waals surface area contributed by atoms with E-state index in [9.17, 15) is 14.0 Å². The molecule has 1 aliphatic heterocycles. The van der Waals surface area contributed by atoms with Crippen LogP contribution in [0.15, 0.2) is 42.6 Å². The van der Waals surface area contributed by atoms with Gasteiger partial charge in [-0.25, -0.2) is 19.1 Å². The third-order valence-electron chi connectivity index (χ3n) is 4.30. The van der Waals surface area contributed by atoms with E-state index in [-0.39, 0.29) is 12.5 Å². The summed E-state index contributed by atoms with van der Waals surface area (Å²) in [6.45, 7) is 3.04. The lowest BCUT2D eigenvalue weighted by molar-refractivity contribution is -0.123. The van der Waals surface area contributed by atoms with Crippen molar-refractivity contribution in [3.05, 3.63) is 58.9 Å². The molecule has 1 aromatic carbocycles. The van der Waals surface area contributed by atoms with Crippen molar-refractivity contribution in [2.45, 2.75) is 32.6 Å². The molecule has 1 aromatic heterocycles. The first-order valence-corrected chi connectivity index (χ1v) is 8.14. The smallest absolute Gasteiger partial charge is 0.305 e. The summed E-state index contributed by atoms with van der Waals surface area (Å²) in [6, 6.07) is 9.27. The predicted molar refractivity (Wildman–Crippen MR) is 93.0 cm³/mol. The summed E-state index contributed by atoms with van der Waals surface area (Å²) in [4.78, 5) is 32.2. The number of carbonyl (C=O) groups is 2. The minimum Gasteiger partial charge on any atom is -0.305 e. The summed E-state index contributed by atoms with van der Waals surface area (Å²) in [5, 5.41) is 0.326. The van der Waals surface area contributed by atoms with Crippen molar-refractivity contribution < 1.29 is 14.0 Å². The first kappa shape index (κ1) is 17.4. The maximum atomic E-state index is 12.9. The maximum Gasteiger partial charge on any atom is 0.332 e. The molecule has 1 saturated heterocycles. The van der Waals surface area contributed by atoms with Gasteiger partial charge in [-0.2, -0.15) is 0 Å². The molecule has 0 spiro atoms. The fourth-order valence-corrected chi connectivity index (χ4v) is 2.98. The Balaban J connectivity index is 1.92. The number of urea groups is 1. The Morgan fingerprint density at radius 3 is 2.40 bits per heavy atom. The second-order valence-electron chi connectivity index (χ2n) is 6.36. The molecule has 0 radical (unpaired) electrons. The number of hydrogen-bond donors (Lipinski definition) is 0. The summed E-state index contributed by atoms with van der Waals surface area (Å²) in [5.74, 6) is -0.328. The maximum absolute atomic E-state index is 12.9. The van der Waals surface area contributed by atoms with Crippen LogP contribution < -0.4 is 4.90 Å². The molecule has 0 N–H and O–H groups in total. The fourth-order valence-electron chi connectivity index (χ4n) is 2.79. The number of alkyl halides is 1. The molecular formula is C18H17ClFN3O2. The Morgan fingerprint density at radius 2 is 1.80 bits per heavy atom. The summed E-state index contributed by atoms with van der Waals surface area (Å²) in [6.07, 6.45) is 1.56. The molecule has 25 heavy (non-hydrogen) atoms. The quantitative estimate of drug-likeness (QED) is 0.612. The highest BCUT2D eigenvalue weighted by atomic mass is 35.5. The topological polar surface area (TPSA) is 53.5 Å². The minimum atomic E-state index is -1.01. The number of pyridine rings is 1. The normalized spacial score (nSPS) is 16.6. The van der Waals surface area contributed by atoms with E-state index in [2.05, 4.69) is 4.98 Å². The molecule has 3 rings (SSSR count). The van der Waals surface area contributed by atoms with Crippen molar-refractivity contribution in [1.29, 1.82) is 0 Å². The minimum absolute atomic E-state index is 0.235. The summed E-state index contributed by atoms with van der Waals surface area (Å²) < 4.78 is 12.7. The number of aromatic nitrogens is 1. The van der Waals surface area contributed by atoms with Gasteiger partial charge in [0.25, 0.3) is 5.91 Å². The predicted octanol–water partition coefficient (Wildman–Crippen LogP) is 3.95. The zero-order valence-electron chi connectivity index (χ0n) is 13.9. The standard InChI is InChI=1S/C18H17ClFN3O2/c1-18(2)16(24)23(14-5-3-12(10-20)4-6-14)17(25)22(18)11-13-7-8-21-15(19)9-13/h3-9H,10-11H2,1-2H3. The van der Waals surface area contributed by atoms with Gasteiger partial charge in [0.15, 0.2) is 0 Å². The number of hydrogen-bond acceptors (Lipinski definition) is 3. The molecule has 7 heteroatoms. The largest absolute Gasteiger partial charge is 0.332 e. The van der Waals surface area contributed by atoms with E-state index in [0.717, 1.165) is 10.5 Å². The molecule has 0 saturated carbocycles. The lowest BCUT2D eigenvalue weighted by Crippen LogP contribution is -2.43. The molecule has 130 valence electrons. The second-order valence-corrected chi connectivity index (χ2v) is 6.74. The number of benzene rings is 1. The van der Waals surface area contributed by atoms with E-state index in [1.807, 2.05) is 0 Å². The number of nitrogens with zero attached hydrogens (tertiary/aromatic N) is 3. The molecule has 0 aliphatic carbocycles. The average molecular weight is 362 g/mol. The van der Waals surface area contributed by atoms with E-state index in [1.165, 1.54) is 4.90 Å². The van der Waals surface area contributed by atoms with Crippen LogP contribution >= 0.6 is 11.6 Å². The number of amides is 3. The van der Waals surface area contributed by atoms with Crippen molar-refractivity contribution >= 4 is 29.2 Å². The molecule has 0 atom stereocenters. The number of rotatable bonds is 4. The van der Waals surface area contributed by atoms with Crippen molar-refractivity contribution in [1.82, 2.24) is 9.88 Å². The molecule has 2 heterocycles. The molecule has 1 fully saturated rings. The van der Waals surface area contributed by atoms with Crippen LogP contribution in [0.5, 0.6) is 0 Å². The molecule has 0 unspecified atom stereocenters. The van der Waals surface area contributed by atoms with Crippen LogP contribution in [-0.4, -0.2) is 27.4 Å². The Labute approximate surface area is 150 Å². The molecule has 3 amide bonds. The van der Waals surface area contributed by atoms with Gasteiger partial charge in [0.2, 0.25) is 0 Å². The number of anilines is 1. The Morgan fingerprint density at radius 1 is 1.12 bits per heavy atom. The van der Waals surface area contributed by atoms with Crippen molar-refractivity contribution in [2.75, 3.05) is 4.90 Å². The number of halogens is 2. The van der Waals surface area contributed by atoms with Crippen LogP contribution in [0.2, 0.25) is 5.15 Å². The number of carbonyl (C=O) groups excluding carboxylic acids is 2. The van der Waals surface area contributed by atoms with Crippen LogP contribution in [0, 0.1) is 0 Å². The van der Waals surface area contributed by atoms with Crippen molar-refractivity contribution in [3.63, 3.8) is 0 Å². The summed E-state index contributed by atoms with van der Waals surface area (Å²) in [7, 11) is 0. The highest BCUT2D eigenvalue weighted by Crippen LogP contribution is 2.33. The monoisotopic (exact) mass is 361 g/mol. The molecular weight excluding hydrogens is 345 g/mol. The fraction of sp³-hybridized carbons (Fsp3) is 0.278. The molecule has 5 nitrogen and oxygen atoms in total. The van der Waals surface area contributed by atoms with Gasteiger partial charge in [-0.3, -0.25) is 4.79 Å². The third-order valence-corrected chi connectivity index (χ3v) is 4.51. The zero-order valence-corrected chi connectivity index (χ0v) is 14.6. The van der Waals surface area contributed by atoms with E-state index in [4.69, 9.17) is 11.6 Å². The van der Waals surface area contributed by atoms with Crippen molar-refractivity contribution in [2.24, 2.45) is 0 Å². The summed E-state index contributed by atoms with van der Waals surface area (Å²) >= 11 is 5.90. The highest BCUT2D eigenvalue weighted by Gasteiger charge is 2.51. The molecule has 1 aliphatic rings. The number of imide groups is 1. The van der Waals surface area contributed by atoms with Gasteiger partial charge in [0, 0.05) is 12.7 Å². The Hall–Kier alpha value is -2.47. The third kappa shape index (κ3) is 3.09. The first-order chi connectivity index (χ1) is 11.8. The van der Waals surface area contributed by atoms with Gasteiger partial charge in [-0.05, 0) is 49.2 Å². The zero-order chi connectivity index (χ0) is 18.2. The van der Waals surface area contributed by atoms with Gasteiger partial charge in [0.1, 0.15) is 17.4 Å². The highest BCUT2D eigenvalue weighted by molar-refractivity contribution is 6.29. The van der Waals surface area contributed by atoms with E-state index < -0.39 is 18.2 Å². The van der Waals surface area contributed by atoms with E-state index in [0.29, 0.717) is 16.4 Å². The van der Waals surface area contributed by atoms with Crippen LogP contribution in [0.1, 0.15) is 25.0 Å². The van der Waals surface area contributed by atoms with Gasteiger partial charge < -0.3 is 4.90 Å². The SMILES string of the molecule is CC1(C)C(=O)N(c2ccc(CF)cc2)C(=O)N1Cc1ccnc(Cl)c1. The lowest BCUT2D eigenvalue weighted by atomic mass is 10.0. The first-order valence-electron chi connectivity index (χ1n) is 7.76. The van der Waals surface area contributed by atoms with Gasteiger partial charge in [-0.1, -0.05) is 23.7 Å². The average Bonchev–Trinajstić information content (AvgIpc) is 2.75. The van der Waals surface area contributed by atoms with Gasteiger partial charge in [0.05, 0.1) is 5.69 Å². The van der Waals surface area contributed by atoms with Crippen molar-refractivity contribution in [3.8, 4) is 0 Å². The van der Waals surface area contributed by atoms with Gasteiger partial charge in [-0.15, -0.1) is 0 Å². The van der Waals surface area contributed by atoms with E-state index in [1.54, 1.807) is 56.4 Å². The molecule has 2 aromatic rings. The Bertz CT molecular complexity index is 823. The summed E-state index contributed by atoms with van der Waals surface area (Å²) in [5.41, 5.74) is 0.691. The van der Waals surface area contributed by atoms with Crippen LogP contribution in [0.3, 0.4) is 0 Å². The lowest BCUT2D eigenvalue weighted by Gasteiger charge is -2.27. The van der Waals surface area contributed by atoms with Gasteiger partial charge >= 0.3 is 6.03 Å². The van der Waals surface area contributed by atoms with Crippen LogP contribution in [-0.2, 0) is 18.0 Å².